The highest BCUT2D eigenvalue weighted by molar-refractivity contribution is 6.74. The Morgan fingerprint density at radius 1 is 1.20 bits per heavy atom. The van der Waals surface area contributed by atoms with E-state index in [-0.39, 0.29) is 10.5 Å². The molecule has 0 aromatic rings. The van der Waals surface area contributed by atoms with Crippen molar-refractivity contribution in [3.8, 4) is 0 Å². The van der Waals surface area contributed by atoms with Crippen molar-refractivity contribution in [2.45, 2.75) is 79.4 Å². The van der Waals surface area contributed by atoms with Gasteiger partial charge in [0.15, 0.2) is 0 Å². The van der Waals surface area contributed by atoms with Gasteiger partial charge in [-0.15, -0.1) is 0 Å². The number of hydrazone groups is 1. The van der Waals surface area contributed by atoms with Crippen LogP contribution in [0.15, 0.2) is 16.9 Å². The summed E-state index contributed by atoms with van der Waals surface area (Å²) in [7, 11) is 2.11. The number of rotatable bonds is 6. The molecule has 0 heterocycles. The Kier molecular flexibility index (Phi) is 6.99. The van der Waals surface area contributed by atoms with E-state index < -0.39 is 8.32 Å². The summed E-state index contributed by atoms with van der Waals surface area (Å²) in [6.45, 7) is 21.1. The summed E-state index contributed by atoms with van der Waals surface area (Å²) in [6.07, 6.45) is 6.70. The van der Waals surface area contributed by atoms with Crippen LogP contribution in [-0.2, 0) is 4.43 Å². The quantitative estimate of drug-likeness (QED) is 0.320. The minimum Gasteiger partial charge on any atom is -0.547 e. The fourth-order valence-corrected chi connectivity index (χ4v) is 5.99. The van der Waals surface area contributed by atoms with Crippen molar-refractivity contribution in [3.63, 3.8) is 0 Å². The van der Waals surface area contributed by atoms with Gasteiger partial charge < -0.3 is 9.43 Å². The van der Waals surface area contributed by atoms with Gasteiger partial charge in [0.1, 0.15) is 0 Å². The van der Waals surface area contributed by atoms with Gasteiger partial charge in [-0.05, 0) is 47.9 Å². The van der Waals surface area contributed by atoms with Gasteiger partial charge in [0.25, 0.3) is 8.32 Å². The molecule has 1 aliphatic rings. The highest BCUT2D eigenvalue weighted by Gasteiger charge is 2.46. The first-order valence-corrected chi connectivity index (χ1v) is 12.7. The molecular formula is C21H42N2OSi. The van der Waals surface area contributed by atoms with E-state index in [1.807, 2.05) is 19.1 Å². The minimum atomic E-state index is -1.85. The van der Waals surface area contributed by atoms with Crippen LogP contribution in [0.3, 0.4) is 0 Å². The van der Waals surface area contributed by atoms with Gasteiger partial charge in [0, 0.05) is 32.6 Å². The zero-order chi connectivity index (χ0) is 19.6. The summed E-state index contributed by atoms with van der Waals surface area (Å²) in [5, 5.41) is 6.66. The maximum atomic E-state index is 6.73. The van der Waals surface area contributed by atoms with Crippen molar-refractivity contribution in [2.75, 3.05) is 14.1 Å². The molecule has 4 heteroatoms. The summed E-state index contributed by atoms with van der Waals surface area (Å²) in [6, 6.07) is 0. The SMILES string of the molecule is CC(C)C(C)(C)[Si](C)(C)OC1=CC(/C=N\N(C)C)C(C(C)(C)C)CC1. The van der Waals surface area contributed by atoms with Gasteiger partial charge in [0.2, 0.25) is 0 Å². The Labute approximate surface area is 158 Å². The second-order valence-electron chi connectivity index (χ2n) is 10.3. The topological polar surface area (TPSA) is 24.8 Å². The number of hydrogen-bond donors (Lipinski definition) is 0. The predicted octanol–water partition coefficient (Wildman–Crippen LogP) is 6.15. The van der Waals surface area contributed by atoms with E-state index >= 15 is 0 Å². The molecule has 0 radical (unpaired) electrons. The van der Waals surface area contributed by atoms with E-state index in [0.29, 0.717) is 17.8 Å². The van der Waals surface area contributed by atoms with Gasteiger partial charge >= 0.3 is 0 Å². The summed E-state index contributed by atoms with van der Waals surface area (Å²) in [4.78, 5) is 0. The van der Waals surface area contributed by atoms with Crippen LogP contribution in [0.4, 0.5) is 0 Å². The van der Waals surface area contributed by atoms with Crippen molar-refractivity contribution in [1.29, 1.82) is 0 Å². The third-order valence-corrected chi connectivity index (χ3v) is 11.0. The molecule has 0 bridgehead atoms. The van der Waals surface area contributed by atoms with Crippen LogP contribution in [0.2, 0.25) is 18.1 Å². The van der Waals surface area contributed by atoms with Crippen LogP contribution in [0.1, 0.15) is 61.3 Å². The molecule has 146 valence electrons. The van der Waals surface area contributed by atoms with E-state index in [9.17, 15) is 0 Å². The smallest absolute Gasteiger partial charge is 0.250 e. The van der Waals surface area contributed by atoms with Gasteiger partial charge in [-0.25, -0.2) is 0 Å². The highest BCUT2D eigenvalue weighted by Crippen LogP contribution is 2.47. The molecule has 0 spiro atoms. The Morgan fingerprint density at radius 2 is 1.76 bits per heavy atom. The van der Waals surface area contributed by atoms with E-state index in [1.165, 1.54) is 12.2 Å². The van der Waals surface area contributed by atoms with Crippen LogP contribution < -0.4 is 0 Å². The third kappa shape index (κ3) is 5.60. The molecule has 1 aliphatic carbocycles. The zero-order valence-corrected chi connectivity index (χ0v) is 19.6. The maximum Gasteiger partial charge on any atom is 0.250 e. The lowest BCUT2D eigenvalue weighted by Crippen LogP contribution is -2.45. The largest absolute Gasteiger partial charge is 0.547 e. The molecule has 0 aliphatic heterocycles. The second kappa shape index (κ2) is 7.85. The van der Waals surface area contributed by atoms with E-state index in [2.05, 4.69) is 79.0 Å². The van der Waals surface area contributed by atoms with E-state index in [0.717, 1.165) is 6.42 Å². The number of nitrogens with zero attached hydrogens (tertiary/aromatic N) is 2. The number of hydrogen-bond acceptors (Lipinski definition) is 3. The first kappa shape index (κ1) is 22.3. The Balaban J connectivity index is 3.08. The van der Waals surface area contributed by atoms with Crippen molar-refractivity contribution in [1.82, 2.24) is 5.01 Å². The van der Waals surface area contributed by atoms with Gasteiger partial charge in [-0.2, -0.15) is 5.10 Å². The van der Waals surface area contributed by atoms with Crippen LogP contribution in [-0.4, -0.2) is 33.6 Å². The zero-order valence-electron chi connectivity index (χ0n) is 18.6. The summed E-state index contributed by atoms with van der Waals surface area (Å²) >= 11 is 0. The lowest BCUT2D eigenvalue weighted by molar-refractivity contribution is 0.179. The van der Waals surface area contributed by atoms with Gasteiger partial charge in [-0.3, -0.25) is 0 Å². The third-order valence-electron chi connectivity index (χ3n) is 6.51. The number of allylic oxidation sites excluding steroid dienone is 2. The predicted molar refractivity (Wildman–Crippen MR) is 113 cm³/mol. The molecule has 0 saturated heterocycles. The Bertz CT molecular complexity index is 499. The van der Waals surface area contributed by atoms with Crippen LogP contribution in [0, 0.1) is 23.2 Å². The molecule has 2 atom stereocenters. The molecule has 3 nitrogen and oxygen atoms in total. The maximum absolute atomic E-state index is 6.73. The molecule has 0 N–H and O–H groups in total. The van der Waals surface area contributed by atoms with Gasteiger partial charge in [0.05, 0.1) is 5.76 Å². The minimum absolute atomic E-state index is 0.238. The van der Waals surface area contributed by atoms with E-state index in [4.69, 9.17) is 4.43 Å². The lowest BCUT2D eigenvalue weighted by atomic mass is 9.69. The molecule has 25 heavy (non-hydrogen) atoms. The molecule has 2 unspecified atom stereocenters. The normalized spacial score (nSPS) is 23.1. The Hall–Kier alpha value is -0.773. The fourth-order valence-electron chi connectivity index (χ4n) is 3.51. The highest BCUT2D eigenvalue weighted by atomic mass is 28.4. The van der Waals surface area contributed by atoms with E-state index in [1.54, 1.807) is 0 Å². The van der Waals surface area contributed by atoms with Crippen molar-refractivity contribution in [3.05, 3.63) is 11.8 Å². The standard InChI is InChI=1S/C21H42N2OSi/c1-16(2)21(6,7)25(10,11)24-18-12-13-19(20(3,4)5)17(14-18)15-22-23(8)9/h14-17,19H,12-13H2,1-11H3/b22-15-. The second-order valence-corrected chi connectivity index (χ2v) is 14.8. The van der Waals surface area contributed by atoms with Crippen LogP contribution in [0.5, 0.6) is 0 Å². The molecule has 0 saturated carbocycles. The first-order chi connectivity index (χ1) is 11.2. The van der Waals surface area contributed by atoms with Crippen molar-refractivity contribution < 1.29 is 4.43 Å². The average Bonchev–Trinajstić information content (AvgIpc) is 2.43. The molecule has 0 aromatic heterocycles. The van der Waals surface area contributed by atoms with Crippen LogP contribution in [0.25, 0.3) is 0 Å². The van der Waals surface area contributed by atoms with Crippen molar-refractivity contribution >= 4 is 14.5 Å². The van der Waals surface area contributed by atoms with Gasteiger partial charge in [-0.1, -0.05) is 48.5 Å². The summed E-state index contributed by atoms with van der Waals surface area (Å²) in [5.74, 6) is 2.76. The lowest BCUT2D eigenvalue weighted by Gasteiger charge is -2.45. The van der Waals surface area contributed by atoms with Crippen molar-refractivity contribution in [2.24, 2.45) is 28.3 Å². The monoisotopic (exact) mass is 366 g/mol. The molecular weight excluding hydrogens is 324 g/mol. The summed E-state index contributed by atoms with van der Waals surface area (Å²) < 4.78 is 6.73. The van der Waals surface area contributed by atoms with Crippen LogP contribution >= 0.6 is 0 Å². The molecule has 1 rings (SSSR count). The summed E-state index contributed by atoms with van der Waals surface area (Å²) in [5.41, 5.74) is 0.273. The molecule has 0 amide bonds. The molecule has 0 aromatic carbocycles. The Morgan fingerprint density at radius 3 is 2.20 bits per heavy atom. The average molecular weight is 367 g/mol. The first-order valence-electron chi connectivity index (χ1n) is 9.79. The fraction of sp³-hybridized carbons (Fsp3) is 0.857. The molecule has 0 fully saturated rings.